The largest absolute Gasteiger partial charge is 0.465 e. The zero-order valence-electron chi connectivity index (χ0n) is 10.1. The SMILES string of the molecule is CCCC#CC[C@]12CCCC[C@H]1COC2=O. The van der Waals surface area contributed by atoms with Crippen molar-refractivity contribution < 1.29 is 9.53 Å². The minimum absolute atomic E-state index is 0.0167. The molecule has 2 heteroatoms. The monoisotopic (exact) mass is 220 g/mol. The summed E-state index contributed by atoms with van der Waals surface area (Å²) in [4.78, 5) is 11.9. The van der Waals surface area contributed by atoms with Crippen molar-refractivity contribution in [3.63, 3.8) is 0 Å². The van der Waals surface area contributed by atoms with E-state index in [1.165, 1.54) is 6.42 Å². The number of hydrogen-bond donors (Lipinski definition) is 0. The standard InChI is InChI=1S/C14H20O2/c1-2-3-4-6-9-14-10-7-5-8-12(14)11-16-13(14)15/h12H,2-3,5,7-11H2,1H3/t12-,14-/m0/s1. The molecule has 0 amide bonds. The molecule has 16 heavy (non-hydrogen) atoms. The normalized spacial score (nSPS) is 32.6. The highest BCUT2D eigenvalue weighted by Gasteiger charge is 2.52. The molecular weight excluding hydrogens is 200 g/mol. The highest BCUT2D eigenvalue weighted by molar-refractivity contribution is 5.79. The van der Waals surface area contributed by atoms with Gasteiger partial charge in [0.2, 0.25) is 0 Å². The number of rotatable bonds is 2. The zero-order chi connectivity index (χ0) is 11.4. The predicted octanol–water partition coefficient (Wildman–Crippen LogP) is 2.91. The highest BCUT2D eigenvalue weighted by atomic mass is 16.5. The van der Waals surface area contributed by atoms with E-state index >= 15 is 0 Å². The van der Waals surface area contributed by atoms with E-state index in [0.29, 0.717) is 12.5 Å². The summed E-state index contributed by atoms with van der Waals surface area (Å²) in [6.45, 7) is 2.76. The summed E-state index contributed by atoms with van der Waals surface area (Å²) in [5.41, 5.74) is -0.237. The van der Waals surface area contributed by atoms with E-state index in [4.69, 9.17) is 4.74 Å². The van der Waals surface area contributed by atoms with Crippen LogP contribution in [-0.4, -0.2) is 12.6 Å². The lowest BCUT2D eigenvalue weighted by atomic mass is 9.66. The van der Waals surface area contributed by atoms with Gasteiger partial charge in [-0.15, -0.1) is 11.8 Å². The van der Waals surface area contributed by atoms with Crippen molar-refractivity contribution in [2.24, 2.45) is 11.3 Å². The van der Waals surface area contributed by atoms with E-state index in [1.807, 2.05) is 0 Å². The van der Waals surface area contributed by atoms with Gasteiger partial charge in [-0.25, -0.2) is 0 Å². The van der Waals surface area contributed by atoms with E-state index in [-0.39, 0.29) is 11.4 Å². The lowest BCUT2D eigenvalue weighted by Gasteiger charge is -2.33. The fourth-order valence-electron chi connectivity index (χ4n) is 2.88. The van der Waals surface area contributed by atoms with Gasteiger partial charge in [0.25, 0.3) is 0 Å². The Kier molecular flexibility index (Phi) is 3.53. The van der Waals surface area contributed by atoms with Crippen LogP contribution >= 0.6 is 0 Å². The highest BCUT2D eigenvalue weighted by Crippen LogP contribution is 2.48. The van der Waals surface area contributed by atoms with Crippen molar-refractivity contribution in [1.29, 1.82) is 0 Å². The molecule has 2 atom stereocenters. The Morgan fingerprint density at radius 2 is 2.31 bits per heavy atom. The van der Waals surface area contributed by atoms with Crippen LogP contribution in [0.2, 0.25) is 0 Å². The summed E-state index contributed by atoms with van der Waals surface area (Å²) in [6.07, 6.45) is 7.27. The molecule has 0 spiro atoms. The quantitative estimate of drug-likeness (QED) is 0.528. The van der Waals surface area contributed by atoms with Crippen LogP contribution in [0, 0.1) is 23.2 Å². The zero-order valence-corrected chi connectivity index (χ0v) is 10.1. The molecule has 0 aromatic carbocycles. The molecule has 2 fully saturated rings. The smallest absolute Gasteiger partial charge is 0.313 e. The summed E-state index contributed by atoms with van der Waals surface area (Å²) in [5.74, 6) is 6.80. The van der Waals surface area contributed by atoms with Crippen LogP contribution in [0.3, 0.4) is 0 Å². The first-order valence-electron chi connectivity index (χ1n) is 6.42. The number of cyclic esters (lactones) is 1. The van der Waals surface area contributed by atoms with Gasteiger partial charge in [-0.1, -0.05) is 19.8 Å². The summed E-state index contributed by atoms with van der Waals surface area (Å²) in [5, 5.41) is 0. The summed E-state index contributed by atoms with van der Waals surface area (Å²) < 4.78 is 5.25. The minimum Gasteiger partial charge on any atom is -0.465 e. The van der Waals surface area contributed by atoms with Gasteiger partial charge >= 0.3 is 5.97 Å². The Balaban J connectivity index is 2.07. The average Bonchev–Trinajstić information content (AvgIpc) is 2.64. The van der Waals surface area contributed by atoms with Gasteiger partial charge in [0, 0.05) is 18.8 Å². The van der Waals surface area contributed by atoms with Gasteiger partial charge in [-0.2, -0.15) is 0 Å². The molecule has 1 saturated carbocycles. The molecule has 0 bridgehead atoms. The second kappa shape index (κ2) is 4.91. The van der Waals surface area contributed by atoms with Crippen molar-refractivity contribution in [1.82, 2.24) is 0 Å². The number of esters is 1. The van der Waals surface area contributed by atoms with Crippen LogP contribution in [0.25, 0.3) is 0 Å². The predicted molar refractivity (Wildman–Crippen MR) is 62.7 cm³/mol. The first kappa shape index (κ1) is 11.5. The first-order chi connectivity index (χ1) is 7.79. The molecule has 2 nitrogen and oxygen atoms in total. The van der Waals surface area contributed by atoms with Crippen LogP contribution in [0.4, 0.5) is 0 Å². The van der Waals surface area contributed by atoms with Gasteiger partial charge in [-0.05, 0) is 19.3 Å². The first-order valence-corrected chi connectivity index (χ1v) is 6.42. The molecular formula is C14H20O2. The van der Waals surface area contributed by atoms with E-state index in [0.717, 1.165) is 38.5 Å². The maximum atomic E-state index is 11.9. The third kappa shape index (κ3) is 1.96. The number of carbonyl (C=O) groups excluding carboxylic acids is 1. The number of unbranched alkanes of at least 4 members (excludes halogenated alkanes) is 1. The molecule has 0 N–H and O–H groups in total. The maximum Gasteiger partial charge on any atom is 0.313 e. The summed E-state index contributed by atoms with van der Waals surface area (Å²) in [6, 6.07) is 0. The minimum atomic E-state index is -0.237. The lowest BCUT2D eigenvalue weighted by molar-refractivity contribution is -0.147. The molecule has 0 radical (unpaired) electrons. The second-order valence-electron chi connectivity index (χ2n) is 4.98. The van der Waals surface area contributed by atoms with E-state index in [2.05, 4.69) is 18.8 Å². The van der Waals surface area contributed by atoms with Gasteiger partial charge in [-0.3, -0.25) is 4.79 Å². The van der Waals surface area contributed by atoms with Crippen molar-refractivity contribution in [2.45, 2.75) is 51.9 Å². The Hall–Kier alpha value is -0.970. The Morgan fingerprint density at radius 1 is 1.44 bits per heavy atom. The van der Waals surface area contributed by atoms with E-state index < -0.39 is 0 Å². The van der Waals surface area contributed by atoms with Gasteiger partial charge < -0.3 is 4.74 Å². The van der Waals surface area contributed by atoms with Crippen LogP contribution < -0.4 is 0 Å². The third-order valence-electron chi connectivity index (χ3n) is 3.93. The molecule has 1 aliphatic heterocycles. The molecule has 0 unspecified atom stereocenters. The fourth-order valence-corrected chi connectivity index (χ4v) is 2.88. The number of carbonyl (C=O) groups is 1. The molecule has 2 aliphatic rings. The Labute approximate surface area is 97.7 Å². The Morgan fingerprint density at radius 3 is 3.12 bits per heavy atom. The van der Waals surface area contributed by atoms with Crippen molar-refractivity contribution in [3.05, 3.63) is 0 Å². The molecule has 88 valence electrons. The van der Waals surface area contributed by atoms with Crippen molar-refractivity contribution in [3.8, 4) is 11.8 Å². The lowest BCUT2D eigenvalue weighted by Crippen LogP contribution is -2.35. The summed E-state index contributed by atoms with van der Waals surface area (Å²) in [7, 11) is 0. The topological polar surface area (TPSA) is 26.3 Å². The summed E-state index contributed by atoms with van der Waals surface area (Å²) >= 11 is 0. The molecule has 2 rings (SSSR count). The number of hydrogen-bond acceptors (Lipinski definition) is 2. The van der Waals surface area contributed by atoms with Crippen molar-refractivity contribution >= 4 is 5.97 Å². The average molecular weight is 220 g/mol. The van der Waals surface area contributed by atoms with Crippen LogP contribution in [0.1, 0.15) is 51.9 Å². The molecule has 1 saturated heterocycles. The van der Waals surface area contributed by atoms with E-state index in [9.17, 15) is 4.79 Å². The fraction of sp³-hybridized carbons (Fsp3) is 0.786. The van der Waals surface area contributed by atoms with Crippen molar-refractivity contribution in [2.75, 3.05) is 6.61 Å². The number of ether oxygens (including phenoxy) is 1. The van der Waals surface area contributed by atoms with Crippen LogP contribution in [0.5, 0.6) is 0 Å². The van der Waals surface area contributed by atoms with Gasteiger partial charge in [0.15, 0.2) is 0 Å². The Bertz CT molecular complexity index is 323. The number of fused-ring (bicyclic) bond motifs is 1. The van der Waals surface area contributed by atoms with Gasteiger partial charge in [0.05, 0.1) is 12.0 Å². The third-order valence-corrected chi connectivity index (χ3v) is 3.93. The molecule has 1 heterocycles. The molecule has 1 aliphatic carbocycles. The molecule has 0 aromatic heterocycles. The second-order valence-corrected chi connectivity index (χ2v) is 4.98. The van der Waals surface area contributed by atoms with Gasteiger partial charge in [0.1, 0.15) is 0 Å². The van der Waals surface area contributed by atoms with E-state index in [1.54, 1.807) is 0 Å². The molecule has 0 aromatic rings. The van der Waals surface area contributed by atoms with Crippen LogP contribution in [0.15, 0.2) is 0 Å². The van der Waals surface area contributed by atoms with Crippen LogP contribution in [-0.2, 0) is 9.53 Å². The maximum absolute atomic E-state index is 11.9.